The van der Waals surface area contributed by atoms with Gasteiger partial charge in [-0.15, -0.1) is 0 Å². The van der Waals surface area contributed by atoms with Gasteiger partial charge in [-0.25, -0.2) is 15.0 Å². The number of nitrogens with zero attached hydrogens (tertiary/aromatic N) is 4. The second kappa shape index (κ2) is 9.81. The lowest BCUT2D eigenvalue weighted by Crippen LogP contribution is -2.07. The second-order valence-corrected chi connectivity index (χ2v) is 8.36. The van der Waals surface area contributed by atoms with E-state index in [0.29, 0.717) is 11.9 Å². The number of nitrogens with one attached hydrogen (secondary N) is 1. The third-order valence-corrected chi connectivity index (χ3v) is 5.70. The van der Waals surface area contributed by atoms with Crippen LogP contribution in [-0.4, -0.2) is 19.5 Å². The Bertz CT molecular complexity index is 1400. The molecule has 0 saturated heterocycles. The van der Waals surface area contributed by atoms with Crippen LogP contribution in [0.5, 0.6) is 11.5 Å². The lowest BCUT2D eigenvalue weighted by Gasteiger charge is -2.14. The fraction of sp³-hybridized carbons (Fsp3) is 0.138. The molecule has 0 aliphatic rings. The molecule has 6 heteroatoms. The molecule has 174 valence electrons. The number of imidazole rings is 1. The van der Waals surface area contributed by atoms with E-state index in [1.165, 1.54) is 5.56 Å². The quantitative estimate of drug-likeness (QED) is 0.281. The van der Waals surface area contributed by atoms with Crippen LogP contribution in [0.25, 0.3) is 16.9 Å². The maximum absolute atomic E-state index is 5.98. The first kappa shape index (κ1) is 22.3. The van der Waals surface area contributed by atoms with Gasteiger partial charge in [-0.05, 0) is 68.3 Å². The van der Waals surface area contributed by atoms with Crippen molar-refractivity contribution in [2.75, 3.05) is 5.32 Å². The third kappa shape index (κ3) is 5.06. The van der Waals surface area contributed by atoms with E-state index in [0.717, 1.165) is 46.3 Å². The molecule has 0 radical (unpaired) electrons. The molecular formula is C29H27N5O. The van der Waals surface area contributed by atoms with E-state index in [4.69, 9.17) is 9.72 Å². The van der Waals surface area contributed by atoms with E-state index >= 15 is 0 Å². The van der Waals surface area contributed by atoms with Crippen molar-refractivity contribution in [1.82, 2.24) is 19.5 Å². The molecule has 3 aromatic carbocycles. The Morgan fingerprint density at radius 1 is 0.800 bits per heavy atom. The summed E-state index contributed by atoms with van der Waals surface area (Å²) in [6.45, 7) is 6.07. The normalized spacial score (nSPS) is 10.8. The van der Waals surface area contributed by atoms with Crippen molar-refractivity contribution in [2.24, 2.45) is 0 Å². The Hall–Kier alpha value is -4.45. The SMILES string of the molecule is CCc1ccc(-c2cnc(Nc3nc(C)cc(C)n3)n2-c2ccc(Oc3ccccc3)cc2)cc1. The van der Waals surface area contributed by atoms with Crippen molar-refractivity contribution in [2.45, 2.75) is 27.2 Å². The van der Waals surface area contributed by atoms with Gasteiger partial charge < -0.3 is 4.74 Å². The van der Waals surface area contributed by atoms with Crippen LogP contribution in [0, 0.1) is 13.8 Å². The first-order valence-corrected chi connectivity index (χ1v) is 11.7. The average Bonchev–Trinajstić information content (AvgIpc) is 3.28. The smallest absolute Gasteiger partial charge is 0.229 e. The van der Waals surface area contributed by atoms with Gasteiger partial charge in [0, 0.05) is 22.6 Å². The van der Waals surface area contributed by atoms with Gasteiger partial charge in [0.05, 0.1) is 11.9 Å². The van der Waals surface area contributed by atoms with Crippen molar-refractivity contribution in [3.8, 4) is 28.4 Å². The summed E-state index contributed by atoms with van der Waals surface area (Å²) in [5.41, 5.74) is 6.09. The molecular weight excluding hydrogens is 434 g/mol. The topological polar surface area (TPSA) is 64.9 Å². The first-order valence-electron chi connectivity index (χ1n) is 11.7. The number of ether oxygens (including phenoxy) is 1. The molecule has 0 bridgehead atoms. The van der Waals surface area contributed by atoms with Gasteiger partial charge in [0.25, 0.3) is 0 Å². The van der Waals surface area contributed by atoms with E-state index in [-0.39, 0.29) is 0 Å². The van der Waals surface area contributed by atoms with Gasteiger partial charge in [-0.2, -0.15) is 0 Å². The van der Waals surface area contributed by atoms with Crippen LogP contribution in [-0.2, 0) is 6.42 Å². The Labute approximate surface area is 205 Å². The fourth-order valence-electron chi connectivity index (χ4n) is 3.99. The second-order valence-electron chi connectivity index (χ2n) is 8.36. The summed E-state index contributed by atoms with van der Waals surface area (Å²) in [4.78, 5) is 13.8. The Morgan fingerprint density at radius 3 is 2.11 bits per heavy atom. The highest BCUT2D eigenvalue weighted by Crippen LogP contribution is 2.30. The Kier molecular flexibility index (Phi) is 6.26. The van der Waals surface area contributed by atoms with E-state index in [9.17, 15) is 0 Å². The van der Waals surface area contributed by atoms with Gasteiger partial charge in [0.2, 0.25) is 11.9 Å². The van der Waals surface area contributed by atoms with Crippen LogP contribution in [0.4, 0.5) is 11.9 Å². The van der Waals surface area contributed by atoms with Crippen molar-refractivity contribution >= 4 is 11.9 Å². The standard InChI is InChI=1S/C29H27N5O/c1-4-22-10-12-23(13-11-22)27-19-30-29(33-28-31-20(2)18-21(3)32-28)34(27)24-14-16-26(17-15-24)35-25-8-6-5-7-9-25/h5-19H,4H2,1-3H3,(H,30,31,32,33). The Morgan fingerprint density at radius 2 is 1.46 bits per heavy atom. The molecule has 35 heavy (non-hydrogen) atoms. The number of rotatable bonds is 7. The third-order valence-electron chi connectivity index (χ3n) is 5.70. The highest BCUT2D eigenvalue weighted by Gasteiger charge is 2.15. The summed E-state index contributed by atoms with van der Waals surface area (Å²) in [5, 5.41) is 3.32. The molecule has 1 N–H and O–H groups in total. The van der Waals surface area contributed by atoms with E-state index in [1.54, 1.807) is 0 Å². The molecule has 0 aliphatic carbocycles. The molecule has 0 atom stereocenters. The predicted octanol–water partition coefficient (Wildman–Crippen LogP) is 7.04. The summed E-state index contributed by atoms with van der Waals surface area (Å²) in [6, 6.07) is 28.3. The maximum atomic E-state index is 5.98. The molecule has 2 heterocycles. The summed E-state index contributed by atoms with van der Waals surface area (Å²) in [7, 11) is 0. The molecule has 0 fully saturated rings. The van der Waals surface area contributed by atoms with E-state index in [1.807, 2.05) is 80.7 Å². The number of hydrogen-bond donors (Lipinski definition) is 1. The number of aryl methyl sites for hydroxylation is 3. The van der Waals surface area contributed by atoms with Crippen molar-refractivity contribution in [1.29, 1.82) is 0 Å². The highest BCUT2D eigenvalue weighted by molar-refractivity contribution is 5.67. The van der Waals surface area contributed by atoms with Crippen LogP contribution < -0.4 is 10.1 Å². The molecule has 5 aromatic rings. The molecule has 0 saturated carbocycles. The van der Waals surface area contributed by atoms with Gasteiger partial charge in [-0.3, -0.25) is 9.88 Å². The first-order chi connectivity index (χ1) is 17.1. The van der Waals surface area contributed by atoms with Gasteiger partial charge in [0.15, 0.2) is 0 Å². The van der Waals surface area contributed by atoms with Crippen LogP contribution >= 0.6 is 0 Å². The van der Waals surface area contributed by atoms with Crippen LogP contribution in [0.15, 0.2) is 91.1 Å². The van der Waals surface area contributed by atoms with Crippen LogP contribution in [0.2, 0.25) is 0 Å². The van der Waals surface area contributed by atoms with Crippen molar-refractivity contribution < 1.29 is 4.74 Å². The summed E-state index contributed by atoms with van der Waals surface area (Å²) in [5.74, 6) is 2.72. The largest absolute Gasteiger partial charge is 0.457 e. The lowest BCUT2D eigenvalue weighted by molar-refractivity contribution is 0.482. The molecule has 0 unspecified atom stereocenters. The van der Waals surface area contributed by atoms with Gasteiger partial charge in [0.1, 0.15) is 11.5 Å². The minimum Gasteiger partial charge on any atom is -0.457 e. The zero-order valence-corrected chi connectivity index (χ0v) is 20.1. The molecule has 2 aromatic heterocycles. The summed E-state index contributed by atoms with van der Waals surface area (Å²) in [6.07, 6.45) is 2.87. The molecule has 0 spiro atoms. The Balaban J connectivity index is 1.54. The van der Waals surface area contributed by atoms with E-state index in [2.05, 4.69) is 51.0 Å². The highest BCUT2D eigenvalue weighted by atomic mass is 16.5. The van der Waals surface area contributed by atoms with Gasteiger partial charge in [-0.1, -0.05) is 49.4 Å². The molecule has 6 nitrogen and oxygen atoms in total. The van der Waals surface area contributed by atoms with Crippen molar-refractivity contribution in [3.63, 3.8) is 0 Å². The zero-order valence-electron chi connectivity index (χ0n) is 20.1. The van der Waals surface area contributed by atoms with E-state index < -0.39 is 0 Å². The molecule has 0 amide bonds. The van der Waals surface area contributed by atoms with Crippen molar-refractivity contribution in [3.05, 3.63) is 108 Å². The summed E-state index contributed by atoms with van der Waals surface area (Å²) >= 11 is 0. The number of para-hydroxylation sites is 1. The average molecular weight is 462 g/mol. The predicted molar refractivity (Wildman–Crippen MR) is 140 cm³/mol. The molecule has 0 aliphatic heterocycles. The number of benzene rings is 3. The zero-order chi connectivity index (χ0) is 24.2. The number of aromatic nitrogens is 4. The van der Waals surface area contributed by atoms with Crippen LogP contribution in [0.1, 0.15) is 23.9 Å². The maximum Gasteiger partial charge on any atom is 0.229 e. The monoisotopic (exact) mass is 461 g/mol. The summed E-state index contributed by atoms with van der Waals surface area (Å²) < 4.78 is 8.06. The minimum absolute atomic E-state index is 0.520. The minimum atomic E-state index is 0.520. The number of anilines is 2. The van der Waals surface area contributed by atoms with Gasteiger partial charge >= 0.3 is 0 Å². The van der Waals surface area contributed by atoms with Crippen LogP contribution in [0.3, 0.4) is 0 Å². The number of hydrogen-bond acceptors (Lipinski definition) is 5. The fourth-order valence-corrected chi connectivity index (χ4v) is 3.99. The molecule has 5 rings (SSSR count). The lowest BCUT2D eigenvalue weighted by atomic mass is 10.1.